The van der Waals surface area contributed by atoms with Crippen molar-refractivity contribution in [2.24, 2.45) is 4.99 Å². The number of amidine groups is 1. The van der Waals surface area contributed by atoms with Crippen LogP contribution in [-0.2, 0) is 19.1 Å². The van der Waals surface area contributed by atoms with Gasteiger partial charge in [0.15, 0.2) is 10.8 Å². The number of aliphatic imine (C=N–C) groups is 1. The van der Waals surface area contributed by atoms with Crippen molar-refractivity contribution >= 4 is 40.7 Å². The third-order valence-electron chi connectivity index (χ3n) is 5.53. The van der Waals surface area contributed by atoms with E-state index in [0.29, 0.717) is 48.3 Å². The van der Waals surface area contributed by atoms with Gasteiger partial charge in [-0.15, -0.1) is 11.3 Å². The average molecular weight is 535 g/mol. The zero-order valence-electron chi connectivity index (χ0n) is 19.3. The predicted molar refractivity (Wildman–Crippen MR) is 133 cm³/mol. The van der Waals surface area contributed by atoms with Gasteiger partial charge in [-0.05, 0) is 25.1 Å². The number of aliphatic carboxylic acids is 1. The molecule has 2 aliphatic rings. The summed E-state index contributed by atoms with van der Waals surface area (Å²) in [6.07, 6.45) is 3.78. The van der Waals surface area contributed by atoms with Gasteiger partial charge in [-0.2, -0.15) is 0 Å². The van der Waals surface area contributed by atoms with E-state index in [-0.39, 0.29) is 17.2 Å². The van der Waals surface area contributed by atoms with Crippen LogP contribution in [-0.4, -0.2) is 71.7 Å². The number of benzene rings is 1. The van der Waals surface area contributed by atoms with E-state index in [4.69, 9.17) is 31.2 Å². The number of nitrogens with one attached hydrogen (secondary N) is 1. The first-order valence-corrected chi connectivity index (χ1v) is 12.5. The van der Waals surface area contributed by atoms with Crippen LogP contribution in [0, 0.1) is 5.82 Å². The number of thiazole rings is 1. The Morgan fingerprint density at radius 3 is 2.97 bits per heavy atom. The molecule has 4 rings (SSSR count). The number of hydrogen-bond donors (Lipinski definition) is 2. The molecule has 36 heavy (non-hydrogen) atoms. The van der Waals surface area contributed by atoms with Crippen LogP contribution in [0.15, 0.2) is 58.2 Å². The standard InChI is InChI=1S/C24H24ClFN4O5S/c1-2-34-24(33)20-18(13-30-8-9-35-15(12-30)4-6-19(31)32)28-22(23-27-7-10-36-23)29-21(20)16-5-3-14(26)11-17(16)25/h3-7,10-11,15,21H,2,8-9,12-13H2,1H3,(H,28,29)(H,31,32)/b6-4+/t15-,21+/m1/s1. The van der Waals surface area contributed by atoms with Crippen molar-refractivity contribution in [1.29, 1.82) is 0 Å². The Morgan fingerprint density at radius 1 is 1.44 bits per heavy atom. The van der Waals surface area contributed by atoms with Gasteiger partial charge in [0, 0.05) is 53.6 Å². The SMILES string of the molecule is CCOC(=O)C1=C(CN2CCO[C@H](/C=C/C(=O)O)C2)NC(c2nccs2)=N[C@H]1c1ccc(F)cc1Cl. The Balaban J connectivity index is 1.74. The average Bonchev–Trinajstić information content (AvgIpc) is 3.38. The van der Waals surface area contributed by atoms with Gasteiger partial charge in [0.25, 0.3) is 0 Å². The number of ether oxygens (including phenoxy) is 2. The maximum absolute atomic E-state index is 13.8. The Bertz CT molecular complexity index is 1220. The molecule has 2 aromatic rings. The van der Waals surface area contributed by atoms with Crippen molar-refractivity contribution in [3.63, 3.8) is 0 Å². The second-order valence-corrected chi connectivity index (χ2v) is 9.26. The molecule has 190 valence electrons. The summed E-state index contributed by atoms with van der Waals surface area (Å²) in [7, 11) is 0. The molecule has 0 unspecified atom stereocenters. The number of carbonyl (C=O) groups excluding carboxylic acids is 1. The van der Waals surface area contributed by atoms with Crippen molar-refractivity contribution in [2.75, 3.05) is 32.8 Å². The highest BCUT2D eigenvalue weighted by atomic mass is 35.5. The normalized spacial score (nSPS) is 20.8. The molecule has 2 aliphatic heterocycles. The smallest absolute Gasteiger partial charge is 0.338 e. The zero-order chi connectivity index (χ0) is 25.7. The van der Waals surface area contributed by atoms with Gasteiger partial charge >= 0.3 is 11.9 Å². The summed E-state index contributed by atoms with van der Waals surface area (Å²) < 4.78 is 24.8. The van der Waals surface area contributed by atoms with Gasteiger partial charge in [0.2, 0.25) is 0 Å². The number of carboxylic acids is 1. The molecule has 0 amide bonds. The number of hydrogen-bond acceptors (Lipinski definition) is 9. The van der Waals surface area contributed by atoms with Crippen molar-refractivity contribution in [3.05, 3.63) is 74.6 Å². The van der Waals surface area contributed by atoms with E-state index in [0.717, 1.165) is 6.08 Å². The number of rotatable bonds is 8. The summed E-state index contributed by atoms with van der Waals surface area (Å²) in [4.78, 5) is 35.2. The maximum Gasteiger partial charge on any atom is 0.338 e. The molecule has 12 heteroatoms. The number of morpholine rings is 1. The van der Waals surface area contributed by atoms with Crippen LogP contribution in [0.25, 0.3) is 0 Å². The first-order valence-electron chi connectivity index (χ1n) is 11.2. The van der Waals surface area contributed by atoms with Crippen molar-refractivity contribution in [2.45, 2.75) is 19.1 Å². The Kier molecular flexibility index (Phi) is 8.47. The van der Waals surface area contributed by atoms with E-state index in [1.54, 1.807) is 13.1 Å². The number of nitrogens with zero attached hydrogens (tertiary/aromatic N) is 3. The summed E-state index contributed by atoms with van der Waals surface area (Å²) in [6.45, 7) is 3.52. The highest BCUT2D eigenvalue weighted by molar-refractivity contribution is 7.11. The molecule has 0 bridgehead atoms. The van der Waals surface area contributed by atoms with E-state index >= 15 is 0 Å². The van der Waals surface area contributed by atoms with Gasteiger partial charge in [-0.25, -0.2) is 19.0 Å². The highest BCUT2D eigenvalue weighted by Gasteiger charge is 2.35. The van der Waals surface area contributed by atoms with E-state index < -0.39 is 29.9 Å². The molecule has 3 heterocycles. The second-order valence-electron chi connectivity index (χ2n) is 7.96. The van der Waals surface area contributed by atoms with Crippen molar-refractivity contribution in [1.82, 2.24) is 15.2 Å². The third-order valence-corrected chi connectivity index (χ3v) is 6.63. The lowest BCUT2D eigenvalue weighted by atomic mass is 9.95. The molecule has 1 aromatic carbocycles. The highest BCUT2D eigenvalue weighted by Crippen LogP contribution is 2.37. The van der Waals surface area contributed by atoms with E-state index in [9.17, 15) is 14.0 Å². The molecule has 1 fully saturated rings. The minimum absolute atomic E-state index is 0.135. The molecule has 1 aromatic heterocycles. The largest absolute Gasteiger partial charge is 0.478 e. The Morgan fingerprint density at radius 2 is 2.28 bits per heavy atom. The quantitative estimate of drug-likeness (QED) is 0.392. The number of halogens is 2. The molecule has 0 radical (unpaired) electrons. The van der Waals surface area contributed by atoms with Gasteiger partial charge < -0.3 is 19.9 Å². The van der Waals surface area contributed by atoms with Gasteiger partial charge in [0.05, 0.1) is 24.9 Å². The summed E-state index contributed by atoms with van der Waals surface area (Å²) in [5.41, 5.74) is 1.26. The lowest BCUT2D eigenvalue weighted by molar-refractivity contribution is -0.139. The summed E-state index contributed by atoms with van der Waals surface area (Å²) in [5, 5.41) is 14.7. The number of carbonyl (C=O) groups is 2. The molecule has 0 aliphatic carbocycles. The minimum atomic E-state index is -1.06. The van der Waals surface area contributed by atoms with Crippen LogP contribution in [0.4, 0.5) is 4.39 Å². The van der Waals surface area contributed by atoms with Crippen LogP contribution in [0.2, 0.25) is 5.02 Å². The van der Waals surface area contributed by atoms with Crippen LogP contribution in [0.1, 0.15) is 23.5 Å². The second kappa shape index (κ2) is 11.7. The van der Waals surface area contributed by atoms with Crippen molar-refractivity contribution < 1.29 is 28.6 Å². The summed E-state index contributed by atoms with van der Waals surface area (Å²) in [6, 6.07) is 3.11. The first-order chi connectivity index (χ1) is 17.4. The van der Waals surface area contributed by atoms with Crippen LogP contribution < -0.4 is 5.32 Å². The molecular formula is C24H24ClFN4O5S. The Labute approximate surface area is 215 Å². The Hall–Kier alpha value is -3.12. The molecule has 9 nitrogen and oxygen atoms in total. The zero-order valence-corrected chi connectivity index (χ0v) is 20.9. The van der Waals surface area contributed by atoms with E-state index in [1.165, 1.54) is 35.6 Å². The first kappa shape index (κ1) is 26.0. The molecule has 0 saturated carbocycles. The lowest BCUT2D eigenvalue weighted by Gasteiger charge is -2.34. The molecular weight excluding hydrogens is 511 g/mol. The van der Waals surface area contributed by atoms with Crippen molar-refractivity contribution in [3.8, 4) is 0 Å². The monoisotopic (exact) mass is 534 g/mol. The fourth-order valence-electron chi connectivity index (χ4n) is 3.97. The molecule has 2 atom stereocenters. The fraction of sp³-hybridized carbons (Fsp3) is 0.333. The fourth-order valence-corrected chi connectivity index (χ4v) is 4.83. The topological polar surface area (TPSA) is 113 Å². The van der Waals surface area contributed by atoms with Gasteiger partial charge in [-0.3, -0.25) is 9.89 Å². The minimum Gasteiger partial charge on any atom is -0.478 e. The molecule has 2 N–H and O–H groups in total. The van der Waals surface area contributed by atoms with Crippen LogP contribution in [0.5, 0.6) is 0 Å². The van der Waals surface area contributed by atoms with Gasteiger partial charge in [-0.1, -0.05) is 17.7 Å². The van der Waals surface area contributed by atoms with E-state index in [2.05, 4.69) is 10.3 Å². The maximum atomic E-state index is 13.8. The predicted octanol–water partition coefficient (Wildman–Crippen LogP) is 3.19. The summed E-state index contributed by atoms with van der Waals surface area (Å²) in [5.74, 6) is -1.67. The van der Waals surface area contributed by atoms with Gasteiger partial charge in [0.1, 0.15) is 11.9 Å². The number of aromatic nitrogens is 1. The number of esters is 1. The molecule has 1 saturated heterocycles. The molecule has 0 spiro atoms. The lowest BCUT2D eigenvalue weighted by Crippen LogP contribution is -2.46. The van der Waals surface area contributed by atoms with Crippen LogP contribution in [0.3, 0.4) is 0 Å². The number of carboxylic acid groups (broad SMARTS) is 1. The van der Waals surface area contributed by atoms with Crippen LogP contribution >= 0.6 is 22.9 Å². The van der Waals surface area contributed by atoms with E-state index in [1.807, 2.05) is 10.3 Å². The summed E-state index contributed by atoms with van der Waals surface area (Å²) >= 11 is 7.78. The third kappa shape index (κ3) is 6.16.